The molecule has 36 heavy (non-hydrogen) atoms. The van der Waals surface area contributed by atoms with Crippen molar-refractivity contribution in [3.63, 3.8) is 0 Å². The van der Waals surface area contributed by atoms with E-state index >= 15 is 0 Å². The first-order valence-electron chi connectivity index (χ1n) is 12.6. The summed E-state index contributed by atoms with van der Waals surface area (Å²) in [6.45, 7) is 9.51. The zero-order valence-electron chi connectivity index (χ0n) is 21.2. The summed E-state index contributed by atoms with van der Waals surface area (Å²) in [5.74, 6) is 0.695. The number of nitrogens with zero attached hydrogens (tertiary/aromatic N) is 4. The number of amides is 1. The predicted molar refractivity (Wildman–Crippen MR) is 144 cm³/mol. The van der Waals surface area contributed by atoms with Gasteiger partial charge in [0.2, 0.25) is 5.91 Å². The Morgan fingerprint density at radius 2 is 1.69 bits per heavy atom. The van der Waals surface area contributed by atoms with Crippen molar-refractivity contribution in [2.24, 2.45) is 5.92 Å². The molecule has 0 aliphatic carbocycles. The van der Waals surface area contributed by atoms with Gasteiger partial charge in [-0.3, -0.25) is 14.5 Å². The summed E-state index contributed by atoms with van der Waals surface area (Å²) in [7, 11) is 0. The van der Waals surface area contributed by atoms with Crippen LogP contribution in [0.25, 0.3) is 16.5 Å². The minimum atomic E-state index is -0.183. The second kappa shape index (κ2) is 10.1. The Morgan fingerprint density at radius 3 is 2.39 bits per heavy atom. The van der Waals surface area contributed by atoms with Crippen molar-refractivity contribution in [2.45, 2.75) is 46.7 Å². The lowest BCUT2D eigenvalue weighted by atomic mass is 9.99. The van der Waals surface area contributed by atoms with Crippen LogP contribution in [0.15, 0.2) is 65.6 Å². The summed E-state index contributed by atoms with van der Waals surface area (Å²) < 4.78 is 3.30. The molecular formula is C29H33N5O2. The Labute approximate surface area is 211 Å². The molecule has 0 atom stereocenters. The number of carbonyl (C=O) groups excluding carboxylic acids is 1. The molecule has 7 nitrogen and oxygen atoms in total. The van der Waals surface area contributed by atoms with Crippen molar-refractivity contribution in [2.75, 3.05) is 18.4 Å². The quantitative estimate of drug-likeness (QED) is 0.432. The highest BCUT2D eigenvalue weighted by molar-refractivity contribution is 5.92. The van der Waals surface area contributed by atoms with Gasteiger partial charge in [0, 0.05) is 29.0 Å². The van der Waals surface area contributed by atoms with E-state index in [1.165, 1.54) is 23.1 Å². The first-order valence-corrected chi connectivity index (χ1v) is 12.6. The van der Waals surface area contributed by atoms with Crippen molar-refractivity contribution in [3.05, 3.63) is 88.1 Å². The Kier molecular flexibility index (Phi) is 6.74. The number of aryl methyl sites for hydroxylation is 2. The van der Waals surface area contributed by atoms with Gasteiger partial charge in [-0.25, -0.2) is 0 Å². The minimum Gasteiger partial charge on any atom is -0.338 e. The van der Waals surface area contributed by atoms with E-state index < -0.39 is 0 Å². The fraction of sp³-hybridized carbons (Fsp3) is 0.345. The summed E-state index contributed by atoms with van der Waals surface area (Å²) in [5, 5.41) is 8.75. The lowest BCUT2D eigenvalue weighted by Gasteiger charge is -2.30. The van der Waals surface area contributed by atoms with Crippen LogP contribution in [0.5, 0.6) is 0 Å². The SMILES string of the molecule is Cc1c2cnn(-c3ccccc3)c(=O)c2c(C)n1CC(=O)Nc1ccc(CN2CCC(C)CC2)cc1. The zero-order valence-corrected chi connectivity index (χ0v) is 21.2. The molecule has 1 fully saturated rings. The van der Waals surface area contributed by atoms with Gasteiger partial charge in [0.25, 0.3) is 5.56 Å². The molecular weight excluding hydrogens is 450 g/mol. The van der Waals surface area contributed by atoms with Gasteiger partial charge in [0.05, 0.1) is 17.3 Å². The third kappa shape index (κ3) is 4.84. The van der Waals surface area contributed by atoms with Crippen LogP contribution in [-0.4, -0.2) is 38.2 Å². The first kappa shape index (κ1) is 24.0. The maximum atomic E-state index is 13.3. The summed E-state index contributed by atoms with van der Waals surface area (Å²) in [5.41, 5.74) is 4.18. The van der Waals surface area contributed by atoms with Gasteiger partial charge in [0.15, 0.2) is 0 Å². The van der Waals surface area contributed by atoms with Crippen LogP contribution in [0.1, 0.15) is 36.7 Å². The third-order valence-electron chi connectivity index (χ3n) is 7.36. The molecule has 0 bridgehead atoms. The molecule has 0 unspecified atom stereocenters. The normalized spacial score (nSPS) is 14.9. The number of piperidine rings is 1. The molecule has 1 N–H and O–H groups in total. The smallest absolute Gasteiger partial charge is 0.281 e. The second-order valence-electron chi connectivity index (χ2n) is 9.95. The number of fused-ring (bicyclic) bond motifs is 1. The molecule has 3 heterocycles. The van der Waals surface area contributed by atoms with Crippen LogP contribution < -0.4 is 10.9 Å². The third-order valence-corrected chi connectivity index (χ3v) is 7.36. The van der Waals surface area contributed by atoms with E-state index in [0.29, 0.717) is 11.1 Å². The highest BCUT2D eigenvalue weighted by Crippen LogP contribution is 2.23. The molecule has 1 saturated heterocycles. The Bertz CT molecular complexity index is 1430. The van der Waals surface area contributed by atoms with Gasteiger partial charge >= 0.3 is 0 Å². The van der Waals surface area contributed by atoms with Crippen molar-refractivity contribution < 1.29 is 4.79 Å². The van der Waals surface area contributed by atoms with Crippen LogP contribution in [0.4, 0.5) is 5.69 Å². The number of aromatic nitrogens is 3. The lowest BCUT2D eigenvalue weighted by Crippen LogP contribution is -2.32. The molecule has 1 aliphatic heterocycles. The molecule has 186 valence electrons. The summed E-state index contributed by atoms with van der Waals surface area (Å²) in [6, 6.07) is 17.5. The van der Waals surface area contributed by atoms with E-state index in [-0.39, 0.29) is 18.0 Å². The van der Waals surface area contributed by atoms with Gasteiger partial charge in [0.1, 0.15) is 6.54 Å². The van der Waals surface area contributed by atoms with E-state index in [0.717, 1.165) is 48.0 Å². The van der Waals surface area contributed by atoms with E-state index in [1.54, 1.807) is 6.20 Å². The van der Waals surface area contributed by atoms with Crippen LogP contribution in [0.3, 0.4) is 0 Å². The van der Waals surface area contributed by atoms with Gasteiger partial charge in [-0.15, -0.1) is 0 Å². The number of rotatable bonds is 6. The number of anilines is 1. The number of carbonyl (C=O) groups is 1. The Balaban J connectivity index is 1.30. The number of para-hydroxylation sites is 1. The van der Waals surface area contributed by atoms with Crippen LogP contribution in [0.2, 0.25) is 0 Å². The zero-order chi connectivity index (χ0) is 25.2. The van der Waals surface area contributed by atoms with Crippen molar-refractivity contribution in [1.82, 2.24) is 19.2 Å². The van der Waals surface area contributed by atoms with Crippen LogP contribution >= 0.6 is 0 Å². The van der Waals surface area contributed by atoms with Gasteiger partial charge in [-0.2, -0.15) is 9.78 Å². The maximum Gasteiger partial charge on any atom is 0.281 e. The number of likely N-dealkylation sites (tertiary alicyclic amines) is 1. The molecule has 7 heteroatoms. The van der Waals surface area contributed by atoms with E-state index in [4.69, 9.17) is 0 Å². The monoisotopic (exact) mass is 483 g/mol. The molecule has 2 aromatic heterocycles. The number of nitrogens with one attached hydrogen (secondary N) is 1. The van der Waals surface area contributed by atoms with Gasteiger partial charge in [-0.1, -0.05) is 37.3 Å². The second-order valence-corrected chi connectivity index (χ2v) is 9.95. The Hall–Kier alpha value is -3.71. The summed E-state index contributed by atoms with van der Waals surface area (Å²) in [6.07, 6.45) is 4.23. The largest absolute Gasteiger partial charge is 0.338 e. The lowest BCUT2D eigenvalue weighted by molar-refractivity contribution is -0.116. The molecule has 1 aliphatic rings. The number of benzene rings is 2. The molecule has 1 amide bonds. The maximum absolute atomic E-state index is 13.3. The molecule has 0 spiro atoms. The summed E-state index contributed by atoms with van der Waals surface area (Å²) in [4.78, 5) is 28.7. The van der Waals surface area contributed by atoms with E-state index in [9.17, 15) is 9.59 Å². The highest BCUT2D eigenvalue weighted by Gasteiger charge is 2.19. The first-order chi connectivity index (χ1) is 17.4. The van der Waals surface area contributed by atoms with Crippen LogP contribution in [0, 0.1) is 19.8 Å². The Morgan fingerprint density at radius 1 is 1.00 bits per heavy atom. The minimum absolute atomic E-state index is 0.129. The molecule has 5 rings (SSSR count). The average Bonchev–Trinajstić information content (AvgIpc) is 3.12. The van der Waals surface area contributed by atoms with Gasteiger partial charge < -0.3 is 9.88 Å². The average molecular weight is 484 g/mol. The highest BCUT2D eigenvalue weighted by atomic mass is 16.2. The van der Waals surface area contributed by atoms with Gasteiger partial charge in [-0.05, 0) is 75.5 Å². The van der Waals surface area contributed by atoms with E-state index in [2.05, 4.69) is 34.4 Å². The standard InChI is InChI=1S/C29H33N5O2/c1-20-13-15-32(16-14-20)18-23-9-11-24(12-10-23)31-27(35)19-33-21(2)26-17-30-34(25-7-5-4-6-8-25)29(36)28(26)22(33)3/h4-12,17,20H,13-16,18-19H2,1-3H3,(H,31,35). The molecule has 4 aromatic rings. The van der Waals surface area contributed by atoms with Crippen molar-refractivity contribution in [1.29, 1.82) is 0 Å². The van der Waals surface area contributed by atoms with Crippen LogP contribution in [-0.2, 0) is 17.9 Å². The van der Waals surface area contributed by atoms with Crippen molar-refractivity contribution >= 4 is 22.4 Å². The van der Waals surface area contributed by atoms with E-state index in [1.807, 2.05) is 60.9 Å². The van der Waals surface area contributed by atoms with Crippen molar-refractivity contribution in [3.8, 4) is 5.69 Å². The topological polar surface area (TPSA) is 72.2 Å². The molecule has 0 saturated carbocycles. The number of hydrogen-bond acceptors (Lipinski definition) is 4. The fourth-order valence-electron chi connectivity index (χ4n) is 5.12. The number of hydrogen-bond donors (Lipinski definition) is 1. The molecule has 2 aromatic carbocycles. The molecule has 0 radical (unpaired) electrons. The fourth-order valence-corrected chi connectivity index (χ4v) is 5.12. The summed E-state index contributed by atoms with van der Waals surface area (Å²) >= 11 is 0. The predicted octanol–water partition coefficient (Wildman–Crippen LogP) is 4.67.